The standard InChI is InChI=1S/C25H21ClFN5O4/c1-35-12-36-14-7-13-3-2-4-17(26)20(13)15(8-14)22-21(27)23-16(9-28-22)24(30-11-29-23)32-10-19-18(32)5-6-31(19)25(33)34/h2-4,7-9,11,18-19H,5-6,10,12H2,1H3,(H,33,34)/t18-,19-/m1/s1. The van der Waals surface area contributed by atoms with Crippen LogP contribution in [0, 0.1) is 5.82 Å². The first-order chi connectivity index (χ1) is 17.5. The molecule has 0 bridgehead atoms. The van der Waals surface area contributed by atoms with E-state index in [1.807, 2.05) is 23.1 Å². The van der Waals surface area contributed by atoms with E-state index in [1.54, 1.807) is 18.3 Å². The SMILES string of the molecule is COCOc1cc(-c2ncc3c(N4C[C@@H]5[C@H]4CCN5C(=O)O)ncnc3c2F)c2c(Cl)cccc2c1. The number of amides is 1. The number of nitrogens with zero attached hydrogens (tertiary/aromatic N) is 5. The number of pyridine rings is 1. The van der Waals surface area contributed by atoms with E-state index in [0.717, 1.165) is 5.39 Å². The molecule has 184 valence electrons. The van der Waals surface area contributed by atoms with E-state index in [0.29, 0.717) is 52.4 Å². The van der Waals surface area contributed by atoms with Crippen molar-refractivity contribution < 1.29 is 23.8 Å². The van der Waals surface area contributed by atoms with Crippen LogP contribution in [0.3, 0.4) is 0 Å². The zero-order valence-corrected chi connectivity index (χ0v) is 19.9. The second kappa shape index (κ2) is 8.72. The first-order valence-electron chi connectivity index (χ1n) is 11.4. The molecule has 6 rings (SSSR count). The molecule has 2 atom stereocenters. The van der Waals surface area contributed by atoms with Crippen LogP contribution in [0.4, 0.5) is 15.0 Å². The number of fused-ring (bicyclic) bond motifs is 3. The fourth-order valence-electron chi connectivity index (χ4n) is 5.25. The van der Waals surface area contributed by atoms with Crippen LogP contribution in [0.25, 0.3) is 32.9 Å². The fourth-order valence-corrected chi connectivity index (χ4v) is 5.53. The average molecular weight is 510 g/mol. The molecule has 2 fully saturated rings. The van der Waals surface area contributed by atoms with E-state index >= 15 is 4.39 Å². The summed E-state index contributed by atoms with van der Waals surface area (Å²) in [6.07, 6.45) is 2.65. The van der Waals surface area contributed by atoms with Crippen molar-refractivity contribution in [2.75, 3.05) is 31.9 Å². The van der Waals surface area contributed by atoms with Gasteiger partial charge in [0.05, 0.1) is 17.5 Å². The van der Waals surface area contributed by atoms with Crippen molar-refractivity contribution in [1.82, 2.24) is 19.9 Å². The van der Waals surface area contributed by atoms with E-state index in [2.05, 4.69) is 15.0 Å². The molecule has 2 aromatic carbocycles. The molecule has 0 radical (unpaired) electrons. The zero-order chi connectivity index (χ0) is 25.0. The molecule has 0 aliphatic carbocycles. The normalized spacial score (nSPS) is 19.0. The highest BCUT2D eigenvalue weighted by Crippen LogP contribution is 2.41. The van der Waals surface area contributed by atoms with Crippen LogP contribution in [0.2, 0.25) is 5.02 Å². The summed E-state index contributed by atoms with van der Waals surface area (Å²) in [4.78, 5) is 28.0. The van der Waals surface area contributed by atoms with Gasteiger partial charge in [-0.05, 0) is 30.0 Å². The summed E-state index contributed by atoms with van der Waals surface area (Å²) in [5.74, 6) is 0.436. The largest absolute Gasteiger partial charge is 0.468 e. The fraction of sp³-hybridized carbons (Fsp3) is 0.280. The summed E-state index contributed by atoms with van der Waals surface area (Å²) in [6, 6.07) is 8.83. The highest BCUT2D eigenvalue weighted by molar-refractivity contribution is 6.36. The van der Waals surface area contributed by atoms with Gasteiger partial charge in [-0.15, -0.1) is 0 Å². The van der Waals surface area contributed by atoms with E-state index in [9.17, 15) is 9.90 Å². The minimum Gasteiger partial charge on any atom is -0.468 e. The molecule has 2 saturated heterocycles. The molecule has 9 nitrogen and oxygen atoms in total. The molecule has 11 heteroatoms. The van der Waals surface area contributed by atoms with Crippen molar-refractivity contribution in [3.05, 3.63) is 53.7 Å². The van der Waals surface area contributed by atoms with Gasteiger partial charge in [0.1, 0.15) is 29.1 Å². The van der Waals surface area contributed by atoms with Gasteiger partial charge in [-0.1, -0.05) is 23.7 Å². The van der Waals surface area contributed by atoms with Gasteiger partial charge in [0.2, 0.25) is 0 Å². The molecule has 0 unspecified atom stereocenters. The lowest BCUT2D eigenvalue weighted by Crippen LogP contribution is -2.63. The second-order valence-electron chi connectivity index (χ2n) is 8.79. The molecular weight excluding hydrogens is 489 g/mol. The number of carbonyl (C=O) groups is 1. The third-order valence-electron chi connectivity index (χ3n) is 6.91. The van der Waals surface area contributed by atoms with E-state index in [4.69, 9.17) is 21.1 Å². The Kier molecular flexibility index (Phi) is 5.50. The van der Waals surface area contributed by atoms with E-state index in [-0.39, 0.29) is 30.1 Å². The number of ether oxygens (including phenoxy) is 2. The maximum absolute atomic E-state index is 16.0. The minimum atomic E-state index is -0.922. The summed E-state index contributed by atoms with van der Waals surface area (Å²) in [7, 11) is 1.52. The number of aromatic nitrogens is 3. The molecule has 36 heavy (non-hydrogen) atoms. The number of anilines is 1. The Morgan fingerprint density at radius 1 is 1.25 bits per heavy atom. The number of benzene rings is 2. The number of hydrogen-bond acceptors (Lipinski definition) is 7. The van der Waals surface area contributed by atoms with Gasteiger partial charge in [-0.3, -0.25) is 4.98 Å². The third-order valence-corrected chi connectivity index (χ3v) is 7.23. The molecule has 2 aliphatic rings. The third kappa shape index (κ3) is 3.48. The van der Waals surface area contributed by atoms with Gasteiger partial charge in [-0.2, -0.15) is 0 Å². The number of rotatable bonds is 5. The Bertz CT molecular complexity index is 1520. The summed E-state index contributed by atoms with van der Waals surface area (Å²) in [6.45, 7) is 0.995. The lowest BCUT2D eigenvalue weighted by Gasteiger charge is -2.47. The predicted octanol–water partition coefficient (Wildman–Crippen LogP) is 4.56. The summed E-state index contributed by atoms with van der Waals surface area (Å²) >= 11 is 6.52. The lowest BCUT2D eigenvalue weighted by atomic mass is 9.96. The van der Waals surface area contributed by atoms with Crippen LogP contribution in [0.5, 0.6) is 5.75 Å². The highest BCUT2D eigenvalue weighted by atomic mass is 35.5. The Balaban J connectivity index is 1.45. The first kappa shape index (κ1) is 22.7. The van der Waals surface area contributed by atoms with Gasteiger partial charge >= 0.3 is 6.09 Å². The molecule has 1 N–H and O–H groups in total. The van der Waals surface area contributed by atoms with E-state index < -0.39 is 11.9 Å². The summed E-state index contributed by atoms with van der Waals surface area (Å²) in [5.41, 5.74) is 0.693. The molecule has 4 aromatic rings. The van der Waals surface area contributed by atoms with Gasteiger partial charge in [-0.25, -0.2) is 19.2 Å². The van der Waals surface area contributed by atoms with Gasteiger partial charge in [0.25, 0.3) is 0 Å². The minimum absolute atomic E-state index is 0.000646. The van der Waals surface area contributed by atoms with Crippen molar-refractivity contribution in [3.8, 4) is 17.0 Å². The van der Waals surface area contributed by atoms with Crippen molar-refractivity contribution in [2.24, 2.45) is 0 Å². The average Bonchev–Trinajstić information content (AvgIpc) is 3.19. The van der Waals surface area contributed by atoms with Crippen LogP contribution >= 0.6 is 11.6 Å². The molecule has 1 amide bonds. The van der Waals surface area contributed by atoms with Crippen molar-refractivity contribution in [2.45, 2.75) is 18.5 Å². The first-order valence-corrected chi connectivity index (χ1v) is 11.8. The van der Waals surface area contributed by atoms with Gasteiger partial charge < -0.3 is 24.4 Å². The predicted molar refractivity (Wildman–Crippen MR) is 132 cm³/mol. The van der Waals surface area contributed by atoms with E-state index in [1.165, 1.54) is 18.3 Å². The zero-order valence-electron chi connectivity index (χ0n) is 19.2. The Labute approximate surface area is 210 Å². The molecule has 2 aromatic heterocycles. The smallest absolute Gasteiger partial charge is 0.407 e. The number of hydrogen-bond donors (Lipinski definition) is 1. The topological polar surface area (TPSA) is 101 Å². The summed E-state index contributed by atoms with van der Waals surface area (Å²) < 4.78 is 26.7. The number of carboxylic acid groups (broad SMARTS) is 1. The second-order valence-corrected chi connectivity index (χ2v) is 9.20. The lowest BCUT2D eigenvalue weighted by molar-refractivity contribution is 0.0512. The van der Waals surface area contributed by atoms with Crippen LogP contribution in [0.15, 0.2) is 42.9 Å². The quantitative estimate of drug-likeness (QED) is 0.391. The van der Waals surface area contributed by atoms with Gasteiger partial charge in [0, 0.05) is 42.4 Å². The Hall–Kier alpha value is -3.76. The Morgan fingerprint density at radius 3 is 2.92 bits per heavy atom. The molecule has 0 spiro atoms. The van der Waals surface area contributed by atoms with Gasteiger partial charge in [0.15, 0.2) is 12.6 Å². The highest BCUT2D eigenvalue weighted by Gasteiger charge is 2.49. The van der Waals surface area contributed by atoms with Crippen molar-refractivity contribution in [1.29, 1.82) is 0 Å². The van der Waals surface area contributed by atoms with Crippen LogP contribution in [-0.4, -0.2) is 70.1 Å². The van der Waals surface area contributed by atoms with Crippen LogP contribution in [0.1, 0.15) is 6.42 Å². The maximum Gasteiger partial charge on any atom is 0.407 e. The number of halogens is 2. The maximum atomic E-state index is 16.0. The van der Waals surface area contributed by atoms with Crippen molar-refractivity contribution >= 4 is 45.2 Å². The van der Waals surface area contributed by atoms with Crippen molar-refractivity contribution in [3.63, 3.8) is 0 Å². The molecule has 0 saturated carbocycles. The van der Waals surface area contributed by atoms with Crippen LogP contribution in [-0.2, 0) is 4.74 Å². The molecular formula is C25H21ClFN5O4. The van der Waals surface area contributed by atoms with Crippen LogP contribution < -0.4 is 9.64 Å². The number of likely N-dealkylation sites (tertiary alicyclic amines) is 1. The molecule has 4 heterocycles. The summed E-state index contributed by atoms with van der Waals surface area (Å²) in [5, 5.41) is 11.7. The molecule has 2 aliphatic heterocycles. The Morgan fingerprint density at radius 2 is 2.11 bits per heavy atom. The monoisotopic (exact) mass is 509 g/mol. The number of methoxy groups -OCH3 is 1.